The number of pyridine rings is 1. The zero-order chi connectivity index (χ0) is 19.7. The Hall–Kier alpha value is -1.99. The number of rotatable bonds is 4. The predicted molar refractivity (Wildman–Crippen MR) is 113 cm³/mol. The third kappa shape index (κ3) is 3.91. The summed E-state index contributed by atoms with van der Waals surface area (Å²) in [7, 11) is 2.18. The van der Waals surface area contributed by atoms with Crippen molar-refractivity contribution in [3.8, 4) is 0 Å². The second-order valence-corrected chi connectivity index (χ2v) is 8.29. The second-order valence-electron chi connectivity index (χ2n) is 8.29. The number of fused-ring (bicyclic) bond motifs is 1. The normalized spacial score (nSPS) is 24.5. The Kier molecular flexibility index (Phi) is 5.64. The number of nitrogens with two attached hydrogens (primary N) is 1. The quantitative estimate of drug-likeness (QED) is 0.837. The number of aromatic nitrogens is 3. The molecule has 0 amide bonds. The van der Waals surface area contributed by atoms with Gasteiger partial charge in [-0.15, -0.1) is 0 Å². The molecule has 2 aliphatic heterocycles. The molecule has 2 aromatic heterocycles. The van der Waals surface area contributed by atoms with Gasteiger partial charge in [-0.2, -0.15) is 0 Å². The lowest BCUT2D eigenvalue weighted by Gasteiger charge is -2.30. The number of hydrogen-bond acceptors (Lipinski definition) is 7. The molecular weight excluding hydrogens is 352 g/mol. The highest BCUT2D eigenvalue weighted by atomic mass is 16.5. The molecule has 0 spiro atoms. The molecule has 0 bridgehead atoms. The Bertz CT molecular complexity index is 833. The highest BCUT2D eigenvalue weighted by Gasteiger charge is 2.25. The second kappa shape index (κ2) is 8.17. The Balaban J connectivity index is 1.72. The fourth-order valence-corrected chi connectivity index (χ4v) is 4.41. The van der Waals surface area contributed by atoms with Crippen molar-refractivity contribution in [2.24, 2.45) is 0 Å². The maximum absolute atomic E-state index is 6.19. The van der Waals surface area contributed by atoms with Gasteiger partial charge in [-0.1, -0.05) is 6.92 Å². The number of nitrogen functional groups attached to an aromatic ring is 1. The number of aryl methyl sites for hydroxylation is 1. The topological polar surface area (TPSA) is 89.2 Å². The fraction of sp³-hybridized carbons (Fsp3) is 0.667. The molecule has 2 atom stereocenters. The van der Waals surface area contributed by atoms with Gasteiger partial charge >= 0.3 is 0 Å². The first-order valence-corrected chi connectivity index (χ1v) is 10.6. The van der Waals surface area contributed by atoms with Crippen LogP contribution in [-0.2, 0) is 11.2 Å². The minimum atomic E-state index is 0.277. The molecule has 28 heavy (non-hydrogen) atoms. The van der Waals surface area contributed by atoms with Crippen molar-refractivity contribution in [3.63, 3.8) is 0 Å². The van der Waals surface area contributed by atoms with Crippen LogP contribution < -0.4 is 11.1 Å². The van der Waals surface area contributed by atoms with Gasteiger partial charge in [-0.05, 0) is 65.1 Å². The van der Waals surface area contributed by atoms with Crippen molar-refractivity contribution in [3.05, 3.63) is 17.5 Å². The van der Waals surface area contributed by atoms with Crippen molar-refractivity contribution in [1.29, 1.82) is 0 Å². The van der Waals surface area contributed by atoms with Crippen molar-refractivity contribution < 1.29 is 4.74 Å². The number of anilines is 2. The van der Waals surface area contributed by atoms with Crippen molar-refractivity contribution in [2.75, 3.05) is 37.8 Å². The van der Waals surface area contributed by atoms with Crippen molar-refractivity contribution in [1.82, 2.24) is 19.9 Å². The molecule has 0 aliphatic carbocycles. The third-order valence-corrected chi connectivity index (χ3v) is 6.15. The molecule has 4 rings (SSSR count). The maximum atomic E-state index is 6.19. The Morgan fingerprint density at radius 1 is 1.21 bits per heavy atom. The molecular formula is C21H32N6O. The van der Waals surface area contributed by atoms with Crippen LogP contribution in [0.4, 0.5) is 11.6 Å². The molecule has 0 saturated carbocycles. The van der Waals surface area contributed by atoms with E-state index in [-0.39, 0.29) is 6.10 Å². The summed E-state index contributed by atoms with van der Waals surface area (Å²) in [5.41, 5.74) is 10.0. The highest BCUT2D eigenvalue weighted by molar-refractivity contribution is 5.88. The zero-order valence-electron chi connectivity index (χ0n) is 17.2. The molecule has 0 aromatic carbocycles. The monoisotopic (exact) mass is 384 g/mol. The Morgan fingerprint density at radius 3 is 2.71 bits per heavy atom. The summed E-state index contributed by atoms with van der Waals surface area (Å²) in [6.07, 6.45) is 7.23. The van der Waals surface area contributed by atoms with Gasteiger partial charge in [-0.25, -0.2) is 15.0 Å². The number of hydrogen-bond donors (Lipinski definition) is 2. The molecule has 152 valence electrons. The lowest BCUT2D eigenvalue weighted by atomic mass is 9.89. The fourth-order valence-electron chi connectivity index (χ4n) is 4.41. The molecule has 2 saturated heterocycles. The Morgan fingerprint density at radius 2 is 2.00 bits per heavy atom. The van der Waals surface area contributed by atoms with E-state index in [1.165, 1.54) is 5.56 Å². The largest absolute Gasteiger partial charge is 0.382 e. The lowest BCUT2D eigenvalue weighted by Crippen LogP contribution is -2.33. The van der Waals surface area contributed by atoms with Crippen LogP contribution in [0.25, 0.3) is 11.0 Å². The number of nitrogens with one attached hydrogen (secondary N) is 1. The smallest absolute Gasteiger partial charge is 0.151 e. The molecule has 2 fully saturated rings. The third-order valence-electron chi connectivity index (χ3n) is 6.15. The molecule has 7 nitrogen and oxygen atoms in total. The molecule has 2 aromatic rings. The molecule has 2 unspecified atom stereocenters. The first-order chi connectivity index (χ1) is 13.5. The van der Waals surface area contributed by atoms with Crippen LogP contribution >= 0.6 is 0 Å². The summed E-state index contributed by atoms with van der Waals surface area (Å²) >= 11 is 0. The highest BCUT2D eigenvalue weighted by Crippen LogP contribution is 2.34. The van der Waals surface area contributed by atoms with Gasteiger partial charge in [0.05, 0.1) is 17.3 Å². The van der Waals surface area contributed by atoms with Gasteiger partial charge in [-0.3, -0.25) is 0 Å². The lowest BCUT2D eigenvalue weighted by molar-refractivity contribution is 0.0231. The van der Waals surface area contributed by atoms with Gasteiger partial charge in [0.25, 0.3) is 0 Å². The van der Waals surface area contributed by atoms with Gasteiger partial charge in [0.15, 0.2) is 5.82 Å². The van der Waals surface area contributed by atoms with Crippen LogP contribution in [-0.4, -0.2) is 58.7 Å². The number of ether oxygens (including phenoxy) is 1. The van der Waals surface area contributed by atoms with Crippen LogP contribution in [0.2, 0.25) is 0 Å². The number of likely N-dealkylation sites (tertiary alicyclic amines) is 1. The predicted octanol–water partition coefficient (Wildman–Crippen LogP) is 2.96. The summed E-state index contributed by atoms with van der Waals surface area (Å²) in [5.74, 6) is 1.83. The summed E-state index contributed by atoms with van der Waals surface area (Å²) in [6.45, 7) is 7.23. The Labute approximate surface area is 167 Å². The molecule has 4 heterocycles. The van der Waals surface area contributed by atoms with E-state index in [0.29, 0.717) is 17.8 Å². The van der Waals surface area contributed by atoms with Gasteiger partial charge in [0, 0.05) is 24.4 Å². The van der Waals surface area contributed by atoms with E-state index in [1.807, 2.05) is 6.20 Å². The van der Waals surface area contributed by atoms with E-state index in [2.05, 4.69) is 36.1 Å². The van der Waals surface area contributed by atoms with Gasteiger partial charge in [0.1, 0.15) is 11.3 Å². The minimum absolute atomic E-state index is 0.277. The summed E-state index contributed by atoms with van der Waals surface area (Å²) in [6, 6.07) is 0.367. The average molecular weight is 385 g/mol. The summed E-state index contributed by atoms with van der Waals surface area (Å²) in [4.78, 5) is 16.8. The molecule has 0 radical (unpaired) electrons. The van der Waals surface area contributed by atoms with Crippen LogP contribution in [0.5, 0.6) is 0 Å². The minimum Gasteiger partial charge on any atom is -0.382 e. The van der Waals surface area contributed by atoms with E-state index in [0.717, 1.165) is 74.3 Å². The van der Waals surface area contributed by atoms with Crippen LogP contribution in [0.1, 0.15) is 56.7 Å². The van der Waals surface area contributed by atoms with E-state index >= 15 is 0 Å². The zero-order valence-corrected chi connectivity index (χ0v) is 17.2. The van der Waals surface area contributed by atoms with Crippen LogP contribution in [0.15, 0.2) is 6.20 Å². The van der Waals surface area contributed by atoms with Crippen LogP contribution in [0, 0.1) is 0 Å². The maximum Gasteiger partial charge on any atom is 0.151 e. The summed E-state index contributed by atoms with van der Waals surface area (Å²) in [5, 5.41) is 3.66. The van der Waals surface area contributed by atoms with Gasteiger partial charge in [0.2, 0.25) is 0 Å². The summed E-state index contributed by atoms with van der Waals surface area (Å²) < 4.78 is 5.69. The van der Waals surface area contributed by atoms with E-state index in [4.69, 9.17) is 20.4 Å². The van der Waals surface area contributed by atoms with Crippen molar-refractivity contribution in [2.45, 2.75) is 64.0 Å². The SMILES string of the molecule is CCc1nc2c(N)ncc(C3CCN(C)CC3)c2nc1NC1CCOC(C)C1. The molecule has 3 N–H and O–H groups in total. The molecule has 2 aliphatic rings. The van der Waals surface area contributed by atoms with Gasteiger partial charge < -0.3 is 20.7 Å². The first-order valence-electron chi connectivity index (χ1n) is 10.6. The standard InChI is InChI=1S/C21H32N6O/c1-4-17-21(24-15-7-10-28-13(2)11-15)26-18-16(12-23-20(22)19(18)25-17)14-5-8-27(3)9-6-14/h12-15H,4-11H2,1-3H3,(H2,22,23)(H,24,26). The van der Waals surface area contributed by atoms with E-state index in [9.17, 15) is 0 Å². The first kappa shape index (κ1) is 19.3. The number of nitrogens with zero attached hydrogens (tertiary/aromatic N) is 4. The van der Waals surface area contributed by atoms with E-state index < -0.39 is 0 Å². The van der Waals surface area contributed by atoms with E-state index in [1.54, 1.807) is 0 Å². The van der Waals surface area contributed by atoms with Crippen molar-refractivity contribution >= 4 is 22.7 Å². The van der Waals surface area contributed by atoms with Crippen LogP contribution in [0.3, 0.4) is 0 Å². The molecule has 7 heteroatoms. The average Bonchev–Trinajstić information content (AvgIpc) is 2.69. The number of piperidine rings is 1.